The molecule has 1 aromatic carbocycles. The van der Waals surface area contributed by atoms with E-state index in [1.807, 2.05) is 0 Å². The minimum absolute atomic E-state index is 0.0943. The highest BCUT2D eigenvalue weighted by Gasteiger charge is 2.15. The highest BCUT2D eigenvalue weighted by molar-refractivity contribution is 6.03. The molecule has 0 fully saturated rings. The van der Waals surface area contributed by atoms with Crippen LogP contribution < -0.4 is 11.1 Å². The van der Waals surface area contributed by atoms with E-state index in [1.165, 1.54) is 0 Å². The molecule has 0 saturated carbocycles. The maximum Gasteiger partial charge on any atom is 0.315 e. The average Bonchev–Trinajstić information content (AvgIpc) is 2.30. The van der Waals surface area contributed by atoms with E-state index in [4.69, 9.17) is 5.73 Å². The molecule has 0 saturated heterocycles. The Morgan fingerprint density at radius 2 is 2.06 bits per heavy atom. The van der Waals surface area contributed by atoms with Crippen LogP contribution in [0.4, 0.5) is 20.2 Å². The molecule has 5 nitrogen and oxygen atoms in total. The van der Waals surface area contributed by atoms with Gasteiger partial charge in [-0.1, -0.05) is 0 Å². The smallest absolute Gasteiger partial charge is 0.315 e. The molecule has 0 atom stereocenters. The molecular formula is C11H12F2N2O3. The molecular weight excluding hydrogens is 246 g/mol. The Kier molecular flexibility index (Phi) is 4.59. The van der Waals surface area contributed by atoms with E-state index >= 15 is 0 Å². The van der Waals surface area contributed by atoms with Gasteiger partial charge in [0.15, 0.2) is 11.6 Å². The summed E-state index contributed by atoms with van der Waals surface area (Å²) in [6, 6.07) is 1.93. The van der Waals surface area contributed by atoms with Gasteiger partial charge >= 0.3 is 5.97 Å². The van der Waals surface area contributed by atoms with Gasteiger partial charge in [-0.3, -0.25) is 9.59 Å². The highest BCUT2D eigenvalue weighted by atomic mass is 19.2. The number of carbonyl (C=O) groups excluding carboxylic acids is 2. The van der Waals surface area contributed by atoms with Crippen LogP contribution in [0, 0.1) is 11.6 Å². The Labute approximate surface area is 102 Å². The Bertz CT molecular complexity index is 478. The average molecular weight is 258 g/mol. The lowest BCUT2D eigenvalue weighted by atomic mass is 10.2. The van der Waals surface area contributed by atoms with Gasteiger partial charge in [0, 0.05) is 0 Å². The van der Waals surface area contributed by atoms with Crippen molar-refractivity contribution in [3.63, 3.8) is 0 Å². The SMILES string of the molecule is CCOC(=O)CC(=O)Nc1ccc(F)c(F)c1N. The third-order valence-electron chi connectivity index (χ3n) is 2.02. The number of hydrogen-bond donors (Lipinski definition) is 2. The second-order valence-corrected chi connectivity index (χ2v) is 3.35. The Hall–Kier alpha value is -2.18. The van der Waals surface area contributed by atoms with Crippen LogP contribution in [0.3, 0.4) is 0 Å². The molecule has 0 radical (unpaired) electrons. The van der Waals surface area contributed by atoms with Crippen molar-refractivity contribution >= 4 is 23.3 Å². The van der Waals surface area contributed by atoms with E-state index in [1.54, 1.807) is 6.92 Å². The van der Waals surface area contributed by atoms with Gasteiger partial charge in [-0.15, -0.1) is 0 Å². The van der Waals surface area contributed by atoms with E-state index < -0.39 is 35.6 Å². The zero-order chi connectivity index (χ0) is 13.7. The van der Waals surface area contributed by atoms with Crippen molar-refractivity contribution in [1.29, 1.82) is 0 Å². The van der Waals surface area contributed by atoms with Crippen LogP contribution >= 0.6 is 0 Å². The standard InChI is InChI=1S/C11H12F2N2O3/c1-2-18-9(17)5-8(16)15-7-4-3-6(12)10(13)11(7)14/h3-4H,2,5,14H2,1H3,(H,15,16). The number of hydrogen-bond acceptors (Lipinski definition) is 4. The summed E-state index contributed by atoms with van der Waals surface area (Å²) in [5.41, 5.74) is 4.66. The van der Waals surface area contributed by atoms with Crippen molar-refractivity contribution in [3.05, 3.63) is 23.8 Å². The van der Waals surface area contributed by atoms with Crippen molar-refractivity contribution in [1.82, 2.24) is 0 Å². The number of nitrogens with one attached hydrogen (secondary N) is 1. The number of nitrogens with two attached hydrogens (primary N) is 1. The summed E-state index contributed by atoms with van der Waals surface area (Å²) in [7, 11) is 0. The maximum absolute atomic E-state index is 13.1. The van der Waals surface area contributed by atoms with E-state index in [2.05, 4.69) is 10.1 Å². The molecule has 0 heterocycles. The first kappa shape index (κ1) is 13.9. The van der Waals surface area contributed by atoms with Gasteiger partial charge in [0.25, 0.3) is 0 Å². The molecule has 0 bridgehead atoms. The quantitative estimate of drug-likeness (QED) is 0.486. The van der Waals surface area contributed by atoms with Gasteiger partial charge in [0.05, 0.1) is 18.0 Å². The van der Waals surface area contributed by atoms with Crippen LogP contribution in [0.15, 0.2) is 12.1 Å². The number of halogens is 2. The van der Waals surface area contributed by atoms with Crippen LogP contribution in [0.1, 0.15) is 13.3 Å². The van der Waals surface area contributed by atoms with Crippen LogP contribution in [-0.4, -0.2) is 18.5 Å². The van der Waals surface area contributed by atoms with Crippen molar-refractivity contribution in [2.24, 2.45) is 0 Å². The minimum Gasteiger partial charge on any atom is -0.466 e. The van der Waals surface area contributed by atoms with Gasteiger partial charge in [0.2, 0.25) is 5.91 Å². The summed E-state index contributed by atoms with van der Waals surface area (Å²) in [5.74, 6) is -3.79. The summed E-state index contributed by atoms with van der Waals surface area (Å²) < 4.78 is 30.4. The zero-order valence-corrected chi connectivity index (χ0v) is 9.63. The molecule has 0 aliphatic carbocycles. The molecule has 1 aromatic rings. The fourth-order valence-electron chi connectivity index (χ4n) is 1.21. The van der Waals surface area contributed by atoms with Crippen LogP contribution in [0.25, 0.3) is 0 Å². The van der Waals surface area contributed by atoms with Crippen molar-refractivity contribution < 1.29 is 23.1 Å². The summed E-state index contributed by atoms with van der Waals surface area (Å²) >= 11 is 0. The summed E-state index contributed by atoms with van der Waals surface area (Å²) in [6.45, 7) is 1.75. The first-order valence-corrected chi connectivity index (χ1v) is 5.14. The van der Waals surface area contributed by atoms with Gasteiger partial charge in [0.1, 0.15) is 6.42 Å². The van der Waals surface area contributed by atoms with E-state index in [0.29, 0.717) is 0 Å². The molecule has 0 spiro atoms. The number of anilines is 2. The Balaban J connectivity index is 2.71. The predicted molar refractivity (Wildman–Crippen MR) is 60.7 cm³/mol. The highest BCUT2D eigenvalue weighted by Crippen LogP contribution is 2.23. The number of ether oxygens (including phenoxy) is 1. The summed E-state index contributed by atoms with van der Waals surface area (Å²) in [6.07, 6.45) is -0.522. The molecule has 0 aliphatic heterocycles. The summed E-state index contributed by atoms with van der Waals surface area (Å²) in [5, 5.41) is 2.20. The molecule has 0 aliphatic rings. The maximum atomic E-state index is 13.1. The van der Waals surface area contributed by atoms with Crippen molar-refractivity contribution in [2.75, 3.05) is 17.7 Å². The number of benzene rings is 1. The van der Waals surface area contributed by atoms with Crippen molar-refractivity contribution in [3.8, 4) is 0 Å². The molecule has 1 amide bonds. The number of esters is 1. The van der Waals surface area contributed by atoms with Crippen molar-refractivity contribution in [2.45, 2.75) is 13.3 Å². The molecule has 1 rings (SSSR count). The van der Waals surface area contributed by atoms with Crippen LogP contribution in [0.5, 0.6) is 0 Å². The molecule has 0 aromatic heterocycles. The number of nitrogen functional groups attached to an aromatic ring is 1. The zero-order valence-electron chi connectivity index (χ0n) is 9.63. The van der Waals surface area contributed by atoms with Crippen LogP contribution in [0.2, 0.25) is 0 Å². The molecule has 3 N–H and O–H groups in total. The monoisotopic (exact) mass is 258 g/mol. The molecule has 0 unspecified atom stereocenters. The van der Waals surface area contributed by atoms with E-state index in [-0.39, 0.29) is 12.3 Å². The van der Waals surface area contributed by atoms with Gasteiger partial charge in [-0.2, -0.15) is 0 Å². The second-order valence-electron chi connectivity index (χ2n) is 3.35. The molecule has 18 heavy (non-hydrogen) atoms. The van der Waals surface area contributed by atoms with Gasteiger partial charge in [-0.25, -0.2) is 8.78 Å². The van der Waals surface area contributed by atoms with E-state index in [0.717, 1.165) is 12.1 Å². The number of amides is 1. The second kappa shape index (κ2) is 5.95. The molecule has 98 valence electrons. The first-order chi connectivity index (χ1) is 8.45. The lowest BCUT2D eigenvalue weighted by molar-refractivity contribution is -0.145. The Morgan fingerprint density at radius 3 is 2.67 bits per heavy atom. The fraction of sp³-hybridized carbons (Fsp3) is 0.273. The Morgan fingerprint density at radius 1 is 1.39 bits per heavy atom. The fourth-order valence-corrected chi connectivity index (χ4v) is 1.21. The third-order valence-corrected chi connectivity index (χ3v) is 2.02. The lowest BCUT2D eigenvalue weighted by Crippen LogP contribution is -2.19. The lowest BCUT2D eigenvalue weighted by Gasteiger charge is -2.08. The summed E-state index contributed by atoms with van der Waals surface area (Å²) in [4.78, 5) is 22.4. The minimum atomic E-state index is -1.25. The van der Waals surface area contributed by atoms with Gasteiger partial charge < -0.3 is 15.8 Å². The number of rotatable bonds is 4. The molecule has 7 heteroatoms. The van der Waals surface area contributed by atoms with E-state index in [9.17, 15) is 18.4 Å². The third kappa shape index (κ3) is 3.41. The first-order valence-electron chi connectivity index (χ1n) is 5.14. The van der Waals surface area contributed by atoms with Crippen LogP contribution in [-0.2, 0) is 14.3 Å². The predicted octanol–water partition coefficient (Wildman–Crippen LogP) is 1.44. The normalized spacial score (nSPS) is 9.94. The number of carbonyl (C=O) groups is 2. The largest absolute Gasteiger partial charge is 0.466 e. The van der Waals surface area contributed by atoms with Gasteiger partial charge in [-0.05, 0) is 19.1 Å². The topological polar surface area (TPSA) is 81.4 Å².